The van der Waals surface area contributed by atoms with Crippen molar-refractivity contribution in [2.24, 2.45) is 11.8 Å². The van der Waals surface area contributed by atoms with Gasteiger partial charge in [-0.2, -0.15) is 0 Å². The molecule has 0 unspecified atom stereocenters. The van der Waals surface area contributed by atoms with Crippen molar-refractivity contribution in [2.75, 3.05) is 41.7 Å². The molecule has 0 bridgehead atoms. The third-order valence-electron chi connectivity index (χ3n) is 7.56. The van der Waals surface area contributed by atoms with Crippen molar-refractivity contribution in [1.82, 2.24) is 0 Å². The van der Waals surface area contributed by atoms with Crippen molar-refractivity contribution in [1.29, 1.82) is 0 Å². The summed E-state index contributed by atoms with van der Waals surface area (Å²) in [5, 5.41) is 2.07. The van der Waals surface area contributed by atoms with Gasteiger partial charge in [-0.15, -0.1) is 0 Å². The Hall–Kier alpha value is -4.23. The van der Waals surface area contributed by atoms with Crippen molar-refractivity contribution in [3.8, 4) is 23.0 Å². The molecule has 0 radical (unpaired) electrons. The smallest absolute Gasteiger partial charge is 0.338 e. The van der Waals surface area contributed by atoms with E-state index in [9.17, 15) is 4.79 Å². The molecule has 0 aliphatic carbocycles. The predicted octanol–water partition coefficient (Wildman–Crippen LogP) is 6.28. The molecule has 0 amide bonds. The van der Waals surface area contributed by atoms with Crippen molar-refractivity contribution < 1.29 is 33.2 Å². The maximum Gasteiger partial charge on any atom is 0.338 e. The topological polar surface area (TPSA) is 72.5 Å². The summed E-state index contributed by atoms with van der Waals surface area (Å²) in [5.41, 5.74) is 2.56. The fourth-order valence-corrected chi connectivity index (χ4v) is 5.41. The Balaban J connectivity index is 1.40. The highest BCUT2D eigenvalue weighted by Crippen LogP contribution is 2.43. The van der Waals surface area contributed by atoms with Crippen LogP contribution in [0, 0.1) is 11.8 Å². The number of ether oxygens (including phenoxy) is 6. The number of carbonyl (C=O) groups is 1. The second kappa shape index (κ2) is 12.3. The van der Waals surface area contributed by atoms with E-state index in [0.717, 1.165) is 28.3 Å². The van der Waals surface area contributed by atoms with Gasteiger partial charge in [-0.05, 0) is 70.6 Å². The lowest BCUT2D eigenvalue weighted by Crippen LogP contribution is -2.24. The Labute approximate surface area is 234 Å². The van der Waals surface area contributed by atoms with Crippen LogP contribution in [0.1, 0.15) is 27.6 Å². The van der Waals surface area contributed by atoms with Crippen LogP contribution in [0.2, 0.25) is 0 Å². The van der Waals surface area contributed by atoms with Crippen molar-refractivity contribution >= 4 is 16.7 Å². The minimum atomic E-state index is -0.353. The number of rotatable bonds is 10. The first kappa shape index (κ1) is 27.3. The lowest BCUT2D eigenvalue weighted by molar-refractivity contribution is 0.0290. The number of esters is 1. The molecule has 1 saturated heterocycles. The maximum atomic E-state index is 13.2. The molecule has 1 heterocycles. The SMILES string of the molecule is COc1ccc(C[C@H]2CO[C@H](c3ccc(OC)c(OC)c3)[C@H]2COC(=O)c2ccc3ccccc3c2)cc1OC. The lowest BCUT2D eigenvalue weighted by atomic mass is 9.84. The van der Waals surface area contributed by atoms with Crippen LogP contribution in [0.4, 0.5) is 0 Å². The van der Waals surface area contributed by atoms with Gasteiger partial charge in [0.1, 0.15) is 0 Å². The molecule has 0 saturated carbocycles. The zero-order valence-corrected chi connectivity index (χ0v) is 23.2. The lowest BCUT2D eigenvalue weighted by Gasteiger charge is -2.24. The highest BCUT2D eigenvalue weighted by Gasteiger charge is 2.39. The van der Waals surface area contributed by atoms with Gasteiger partial charge in [0, 0.05) is 5.92 Å². The Morgan fingerprint density at radius 2 is 1.43 bits per heavy atom. The average Bonchev–Trinajstić information content (AvgIpc) is 3.40. The molecular weight excluding hydrogens is 508 g/mol. The number of hydrogen-bond donors (Lipinski definition) is 0. The van der Waals surface area contributed by atoms with Crippen LogP contribution in [-0.4, -0.2) is 47.6 Å². The van der Waals surface area contributed by atoms with E-state index in [-0.39, 0.29) is 30.5 Å². The van der Waals surface area contributed by atoms with Gasteiger partial charge in [-0.1, -0.05) is 42.5 Å². The fraction of sp³-hybridized carbons (Fsp3) is 0.303. The van der Waals surface area contributed by atoms with E-state index in [1.807, 2.05) is 78.9 Å². The summed E-state index contributed by atoms with van der Waals surface area (Å²) < 4.78 is 34.2. The minimum absolute atomic E-state index is 0.0874. The molecule has 40 heavy (non-hydrogen) atoms. The summed E-state index contributed by atoms with van der Waals surface area (Å²) in [5.74, 6) is 2.28. The normalized spacial score (nSPS) is 18.4. The molecule has 0 N–H and O–H groups in total. The number of fused-ring (bicyclic) bond motifs is 1. The first-order valence-corrected chi connectivity index (χ1v) is 13.2. The summed E-state index contributed by atoms with van der Waals surface area (Å²) in [6.45, 7) is 0.730. The maximum absolute atomic E-state index is 13.2. The van der Waals surface area contributed by atoms with Crippen LogP contribution in [0.5, 0.6) is 23.0 Å². The summed E-state index contributed by atoms with van der Waals surface area (Å²) in [6.07, 6.45) is 0.442. The van der Waals surface area contributed by atoms with Crippen LogP contribution in [0.25, 0.3) is 10.8 Å². The Kier molecular flexibility index (Phi) is 8.41. The summed E-state index contributed by atoms with van der Waals surface area (Å²) >= 11 is 0. The van der Waals surface area contributed by atoms with E-state index < -0.39 is 0 Å². The second-order valence-electron chi connectivity index (χ2n) is 9.85. The van der Waals surface area contributed by atoms with Crippen LogP contribution in [0.3, 0.4) is 0 Å². The van der Waals surface area contributed by atoms with E-state index in [1.54, 1.807) is 28.4 Å². The minimum Gasteiger partial charge on any atom is -0.493 e. The fourth-order valence-electron chi connectivity index (χ4n) is 5.41. The molecule has 7 heteroatoms. The van der Waals surface area contributed by atoms with Gasteiger partial charge in [-0.25, -0.2) is 4.79 Å². The Morgan fingerprint density at radius 1 is 0.750 bits per heavy atom. The molecular formula is C33H34O7. The molecule has 3 atom stereocenters. The molecule has 5 rings (SSSR count). The molecule has 208 valence electrons. The monoisotopic (exact) mass is 542 g/mol. The number of benzene rings is 4. The first-order chi connectivity index (χ1) is 19.5. The van der Waals surface area contributed by atoms with Crippen LogP contribution >= 0.6 is 0 Å². The quantitative estimate of drug-likeness (QED) is 0.219. The largest absolute Gasteiger partial charge is 0.493 e. The molecule has 1 aliphatic heterocycles. The molecule has 1 fully saturated rings. The molecule has 4 aromatic rings. The highest BCUT2D eigenvalue weighted by molar-refractivity contribution is 5.95. The summed E-state index contributed by atoms with van der Waals surface area (Å²) in [4.78, 5) is 13.2. The van der Waals surface area contributed by atoms with E-state index in [0.29, 0.717) is 35.2 Å². The summed E-state index contributed by atoms with van der Waals surface area (Å²) in [6, 6.07) is 25.3. The van der Waals surface area contributed by atoms with Crippen LogP contribution in [-0.2, 0) is 15.9 Å². The molecule has 4 aromatic carbocycles. The van der Waals surface area contributed by atoms with Crippen LogP contribution < -0.4 is 18.9 Å². The molecule has 0 spiro atoms. The predicted molar refractivity (Wildman–Crippen MR) is 153 cm³/mol. The first-order valence-electron chi connectivity index (χ1n) is 13.2. The number of hydrogen-bond acceptors (Lipinski definition) is 7. The van der Waals surface area contributed by atoms with Gasteiger partial charge < -0.3 is 28.4 Å². The van der Waals surface area contributed by atoms with Gasteiger partial charge in [0.05, 0.1) is 53.3 Å². The van der Waals surface area contributed by atoms with E-state index in [4.69, 9.17) is 28.4 Å². The summed E-state index contributed by atoms with van der Waals surface area (Å²) in [7, 11) is 6.47. The van der Waals surface area contributed by atoms with Gasteiger partial charge in [0.25, 0.3) is 0 Å². The molecule has 7 nitrogen and oxygen atoms in total. The Morgan fingerprint density at radius 3 is 2.15 bits per heavy atom. The zero-order valence-electron chi connectivity index (χ0n) is 23.2. The Bertz CT molecular complexity index is 1480. The van der Waals surface area contributed by atoms with Crippen molar-refractivity contribution in [2.45, 2.75) is 12.5 Å². The van der Waals surface area contributed by atoms with Crippen molar-refractivity contribution in [3.05, 3.63) is 95.6 Å². The third-order valence-corrected chi connectivity index (χ3v) is 7.56. The van der Waals surface area contributed by atoms with Crippen LogP contribution in [0.15, 0.2) is 78.9 Å². The standard InChI is InChI=1S/C33H34O7/c1-35-28-13-9-21(16-30(28)37-3)15-26-19-39-32(24-12-14-29(36-2)31(18-24)38-4)27(26)20-40-33(34)25-11-10-22-7-5-6-8-23(22)17-25/h5-14,16-18,26-27,32H,15,19-20H2,1-4H3/t26-,27-,32+/m0/s1. The van der Waals surface area contributed by atoms with E-state index >= 15 is 0 Å². The number of methoxy groups -OCH3 is 4. The van der Waals surface area contributed by atoms with E-state index in [1.165, 1.54) is 0 Å². The van der Waals surface area contributed by atoms with Gasteiger partial charge in [0.2, 0.25) is 0 Å². The van der Waals surface area contributed by atoms with Gasteiger partial charge in [0.15, 0.2) is 23.0 Å². The van der Waals surface area contributed by atoms with Gasteiger partial charge >= 0.3 is 5.97 Å². The molecule has 1 aliphatic rings. The second-order valence-corrected chi connectivity index (χ2v) is 9.85. The number of carbonyl (C=O) groups excluding carboxylic acids is 1. The molecule has 0 aromatic heterocycles. The highest BCUT2D eigenvalue weighted by atomic mass is 16.5. The van der Waals surface area contributed by atoms with Crippen molar-refractivity contribution in [3.63, 3.8) is 0 Å². The zero-order chi connectivity index (χ0) is 28.1. The van der Waals surface area contributed by atoms with E-state index in [2.05, 4.69) is 0 Å². The van der Waals surface area contributed by atoms with Gasteiger partial charge in [-0.3, -0.25) is 0 Å². The average molecular weight is 543 g/mol. The third kappa shape index (κ3) is 5.70.